The van der Waals surface area contributed by atoms with Crippen LogP contribution in [-0.4, -0.2) is 18.5 Å². The molecule has 1 nitrogen and oxygen atoms in total. The fraction of sp³-hybridized carbons (Fsp3) is 0.571. The number of rotatable bonds is 5. The van der Waals surface area contributed by atoms with Gasteiger partial charge in [0.25, 0.3) is 0 Å². The second-order valence-electron chi connectivity index (χ2n) is 4.76. The summed E-state index contributed by atoms with van der Waals surface area (Å²) < 4.78 is 0. The normalized spacial score (nSPS) is 11.3. The Morgan fingerprint density at radius 1 is 1.07 bits per heavy atom. The van der Waals surface area contributed by atoms with Crippen LogP contribution in [0.5, 0.6) is 0 Å². The van der Waals surface area contributed by atoms with Crippen LogP contribution in [0.15, 0.2) is 24.3 Å². The number of nitrogens with zero attached hydrogens (tertiary/aromatic N) is 1. The van der Waals surface area contributed by atoms with E-state index in [2.05, 4.69) is 57.0 Å². The quantitative estimate of drug-likeness (QED) is 0.712. The van der Waals surface area contributed by atoms with Gasteiger partial charge in [-0.15, -0.1) is 0 Å². The maximum atomic E-state index is 2.38. The molecule has 0 saturated heterocycles. The van der Waals surface area contributed by atoms with Crippen LogP contribution in [0.2, 0.25) is 0 Å². The summed E-state index contributed by atoms with van der Waals surface area (Å²) in [6.45, 7) is 8.94. The largest absolute Gasteiger partial charge is 0.302 e. The molecule has 0 aromatic heterocycles. The lowest BCUT2D eigenvalue weighted by molar-refractivity contribution is 0.288. The third-order valence-electron chi connectivity index (χ3n) is 2.56. The summed E-state index contributed by atoms with van der Waals surface area (Å²) in [6.07, 6.45) is 1.13. The molecule has 84 valence electrons. The van der Waals surface area contributed by atoms with Gasteiger partial charge in [0.05, 0.1) is 0 Å². The fourth-order valence-corrected chi connectivity index (χ4v) is 1.88. The van der Waals surface area contributed by atoms with Crippen molar-refractivity contribution in [2.24, 2.45) is 5.92 Å². The zero-order valence-corrected chi connectivity index (χ0v) is 10.5. The molecule has 0 atom stereocenters. The minimum absolute atomic E-state index is 0.741. The monoisotopic (exact) mass is 205 g/mol. The Morgan fingerprint density at radius 3 is 2.07 bits per heavy atom. The predicted octanol–water partition coefficient (Wildman–Crippen LogP) is 3.34. The summed E-state index contributed by atoms with van der Waals surface area (Å²) in [4.78, 5) is 2.38. The zero-order chi connectivity index (χ0) is 11.3. The molecule has 0 aliphatic carbocycles. The second-order valence-corrected chi connectivity index (χ2v) is 4.76. The molecule has 15 heavy (non-hydrogen) atoms. The van der Waals surface area contributed by atoms with Crippen LogP contribution in [-0.2, 0) is 13.0 Å². The van der Waals surface area contributed by atoms with Crippen LogP contribution in [0.4, 0.5) is 0 Å². The average molecular weight is 205 g/mol. The molecule has 0 spiro atoms. The first-order valence-corrected chi connectivity index (χ1v) is 5.88. The molecular formula is C14H23N. The Bertz CT molecular complexity index is 274. The van der Waals surface area contributed by atoms with Crippen molar-refractivity contribution >= 4 is 0 Å². The zero-order valence-electron chi connectivity index (χ0n) is 10.5. The van der Waals surface area contributed by atoms with Gasteiger partial charge < -0.3 is 4.90 Å². The molecule has 1 rings (SSSR count). The van der Waals surface area contributed by atoms with Gasteiger partial charge in [0.1, 0.15) is 0 Å². The minimum atomic E-state index is 0.741. The van der Waals surface area contributed by atoms with E-state index in [0.717, 1.165) is 25.4 Å². The molecule has 0 saturated carbocycles. The molecule has 0 unspecified atom stereocenters. The highest BCUT2D eigenvalue weighted by atomic mass is 15.1. The lowest BCUT2D eigenvalue weighted by Gasteiger charge is -2.18. The Balaban J connectivity index is 2.49. The van der Waals surface area contributed by atoms with Gasteiger partial charge in [-0.1, -0.05) is 45.0 Å². The van der Waals surface area contributed by atoms with Crippen molar-refractivity contribution in [1.29, 1.82) is 0 Å². The standard InChI is InChI=1S/C14H23N/c1-5-13-6-8-14(9-7-13)11-15(4)10-12(2)3/h6-9,12H,5,10-11H2,1-4H3. The lowest BCUT2D eigenvalue weighted by Crippen LogP contribution is -2.22. The Morgan fingerprint density at radius 2 is 1.60 bits per heavy atom. The molecule has 0 heterocycles. The van der Waals surface area contributed by atoms with Crippen LogP contribution in [0, 0.1) is 5.92 Å². The van der Waals surface area contributed by atoms with Crippen molar-refractivity contribution in [3.63, 3.8) is 0 Å². The van der Waals surface area contributed by atoms with Gasteiger partial charge in [0.2, 0.25) is 0 Å². The number of hydrogen-bond acceptors (Lipinski definition) is 1. The first-order valence-electron chi connectivity index (χ1n) is 5.88. The highest BCUT2D eigenvalue weighted by Crippen LogP contribution is 2.08. The first kappa shape index (κ1) is 12.3. The molecule has 0 fully saturated rings. The van der Waals surface area contributed by atoms with Crippen molar-refractivity contribution in [3.05, 3.63) is 35.4 Å². The summed E-state index contributed by atoms with van der Waals surface area (Å²) in [5.41, 5.74) is 2.83. The van der Waals surface area contributed by atoms with Gasteiger partial charge in [-0.25, -0.2) is 0 Å². The van der Waals surface area contributed by atoms with E-state index in [-0.39, 0.29) is 0 Å². The van der Waals surface area contributed by atoms with Gasteiger partial charge in [0.15, 0.2) is 0 Å². The molecule has 1 aromatic carbocycles. The third-order valence-corrected chi connectivity index (χ3v) is 2.56. The lowest BCUT2D eigenvalue weighted by atomic mass is 10.1. The van der Waals surface area contributed by atoms with Crippen molar-refractivity contribution in [2.75, 3.05) is 13.6 Å². The fourth-order valence-electron chi connectivity index (χ4n) is 1.88. The SMILES string of the molecule is CCc1ccc(CN(C)CC(C)C)cc1. The van der Waals surface area contributed by atoms with Gasteiger partial charge >= 0.3 is 0 Å². The van der Waals surface area contributed by atoms with Gasteiger partial charge in [-0.05, 0) is 30.5 Å². The van der Waals surface area contributed by atoms with Crippen LogP contribution in [0.1, 0.15) is 31.9 Å². The van der Waals surface area contributed by atoms with Crippen LogP contribution in [0.3, 0.4) is 0 Å². The van der Waals surface area contributed by atoms with Crippen LogP contribution >= 0.6 is 0 Å². The smallest absolute Gasteiger partial charge is 0.0230 e. The van der Waals surface area contributed by atoms with Crippen molar-refractivity contribution < 1.29 is 0 Å². The van der Waals surface area contributed by atoms with Crippen LogP contribution in [0.25, 0.3) is 0 Å². The summed E-state index contributed by atoms with van der Waals surface area (Å²) in [5.74, 6) is 0.741. The van der Waals surface area contributed by atoms with Crippen molar-refractivity contribution in [2.45, 2.75) is 33.7 Å². The van der Waals surface area contributed by atoms with Gasteiger partial charge in [-0.3, -0.25) is 0 Å². The molecule has 0 radical (unpaired) electrons. The topological polar surface area (TPSA) is 3.24 Å². The maximum absolute atomic E-state index is 2.38. The molecule has 1 aromatic rings. The van der Waals surface area contributed by atoms with E-state index < -0.39 is 0 Å². The van der Waals surface area contributed by atoms with Crippen molar-refractivity contribution in [1.82, 2.24) is 4.90 Å². The van der Waals surface area contributed by atoms with E-state index in [0.29, 0.717) is 0 Å². The van der Waals surface area contributed by atoms with E-state index in [9.17, 15) is 0 Å². The molecule has 0 N–H and O–H groups in total. The van der Waals surface area contributed by atoms with Crippen LogP contribution < -0.4 is 0 Å². The first-order chi connectivity index (χ1) is 7.11. The third kappa shape index (κ3) is 4.48. The molecule has 0 aliphatic heterocycles. The van der Waals surface area contributed by atoms with E-state index in [1.807, 2.05) is 0 Å². The van der Waals surface area contributed by atoms with Gasteiger partial charge in [0, 0.05) is 13.1 Å². The molecule has 1 heteroatoms. The molecule has 0 amide bonds. The van der Waals surface area contributed by atoms with Gasteiger partial charge in [-0.2, -0.15) is 0 Å². The summed E-state index contributed by atoms with van der Waals surface area (Å²) in [6, 6.07) is 8.96. The Labute approximate surface area is 94.1 Å². The Hall–Kier alpha value is -0.820. The van der Waals surface area contributed by atoms with Crippen molar-refractivity contribution in [3.8, 4) is 0 Å². The summed E-state index contributed by atoms with van der Waals surface area (Å²) in [7, 11) is 2.19. The Kier molecular flexibility index (Phi) is 4.83. The van der Waals surface area contributed by atoms with E-state index in [4.69, 9.17) is 0 Å². The average Bonchev–Trinajstić information content (AvgIpc) is 2.17. The summed E-state index contributed by atoms with van der Waals surface area (Å²) in [5, 5.41) is 0. The molecular weight excluding hydrogens is 182 g/mol. The molecule has 0 aliphatic rings. The number of aryl methyl sites for hydroxylation is 1. The maximum Gasteiger partial charge on any atom is 0.0230 e. The summed E-state index contributed by atoms with van der Waals surface area (Å²) >= 11 is 0. The molecule has 0 bridgehead atoms. The minimum Gasteiger partial charge on any atom is -0.302 e. The highest BCUT2D eigenvalue weighted by Gasteiger charge is 2.02. The van der Waals surface area contributed by atoms with E-state index in [1.54, 1.807) is 0 Å². The van der Waals surface area contributed by atoms with E-state index in [1.165, 1.54) is 11.1 Å². The predicted molar refractivity (Wildman–Crippen MR) is 67.0 cm³/mol. The van der Waals surface area contributed by atoms with E-state index >= 15 is 0 Å². The highest BCUT2D eigenvalue weighted by molar-refractivity contribution is 5.22. The second kappa shape index (κ2) is 5.92. The number of hydrogen-bond donors (Lipinski definition) is 0. The number of benzene rings is 1.